The zero-order valence-corrected chi connectivity index (χ0v) is 19.5. The van der Waals surface area contributed by atoms with E-state index < -0.39 is 17.1 Å². The zero-order chi connectivity index (χ0) is 23.2. The molecule has 168 valence electrons. The normalized spacial score (nSPS) is 11.2. The predicted molar refractivity (Wildman–Crippen MR) is 123 cm³/mol. The molecule has 1 N–H and O–H groups in total. The quantitative estimate of drug-likeness (QED) is 0.627. The number of pyridine rings is 1. The Balaban J connectivity index is 2.27. The van der Waals surface area contributed by atoms with Crippen LogP contribution in [0.4, 0.5) is 5.69 Å². The summed E-state index contributed by atoms with van der Waals surface area (Å²) in [5.41, 5.74) is -1.31. The lowest BCUT2D eigenvalue weighted by Crippen LogP contribution is -2.44. The number of carbonyl (C=O) groups excluding carboxylic acids is 2. The molecule has 0 radical (unpaired) electrons. The van der Waals surface area contributed by atoms with Gasteiger partial charge < -0.3 is 19.5 Å². The predicted octanol–water partition coefficient (Wildman–Crippen LogP) is 4.10. The van der Waals surface area contributed by atoms with Crippen molar-refractivity contribution in [1.82, 2.24) is 9.47 Å². The maximum atomic E-state index is 13.0. The number of amides is 2. The van der Waals surface area contributed by atoms with Crippen molar-refractivity contribution in [2.24, 2.45) is 7.05 Å². The highest BCUT2D eigenvalue weighted by atomic mass is 35.5. The number of halogens is 1. The van der Waals surface area contributed by atoms with E-state index in [1.165, 1.54) is 16.8 Å². The molecule has 0 atom stereocenters. The topological polar surface area (TPSA) is 80.6 Å². The number of anilines is 1. The largest absolute Gasteiger partial charge is 0.478 e. The average molecular weight is 448 g/mol. The molecule has 0 aliphatic rings. The lowest BCUT2D eigenvalue weighted by atomic mass is 10.1. The first-order chi connectivity index (χ1) is 14.6. The van der Waals surface area contributed by atoms with Crippen LogP contribution in [0.25, 0.3) is 0 Å². The molecule has 1 aromatic carbocycles. The zero-order valence-electron chi connectivity index (χ0n) is 18.7. The number of hydrogen-bond donors (Lipinski definition) is 1. The van der Waals surface area contributed by atoms with Gasteiger partial charge in [0.15, 0.2) is 5.60 Å². The van der Waals surface area contributed by atoms with E-state index in [2.05, 4.69) is 5.32 Å². The van der Waals surface area contributed by atoms with E-state index in [1.807, 2.05) is 13.8 Å². The number of rotatable bonds is 9. The molecule has 0 aliphatic heterocycles. The van der Waals surface area contributed by atoms with E-state index in [-0.39, 0.29) is 11.6 Å². The number of nitrogens with zero attached hydrogens (tertiary/aromatic N) is 2. The molecule has 1 aromatic heterocycles. The van der Waals surface area contributed by atoms with Crippen LogP contribution < -0.4 is 15.6 Å². The van der Waals surface area contributed by atoms with Crippen LogP contribution in [-0.4, -0.2) is 40.0 Å². The number of ether oxygens (including phenoxy) is 1. The second-order valence-electron chi connectivity index (χ2n) is 7.87. The molecule has 2 amide bonds. The lowest BCUT2D eigenvalue weighted by molar-refractivity contribution is -0.128. The van der Waals surface area contributed by atoms with Crippen molar-refractivity contribution in [3.05, 3.63) is 57.5 Å². The molecule has 0 saturated heterocycles. The number of carbonyl (C=O) groups is 2. The van der Waals surface area contributed by atoms with Gasteiger partial charge in [-0.3, -0.25) is 14.4 Å². The Hall–Kier alpha value is -2.80. The van der Waals surface area contributed by atoms with Gasteiger partial charge in [-0.25, -0.2) is 0 Å². The molecule has 2 aromatic rings. The number of benzene rings is 1. The van der Waals surface area contributed by atoms with Crippen LogP contribution in [0.2, 0.25) is 5.02 Å². The van der Waals surface area contributed by atoms with Gasteiger partial charge in [-0.2, -0.15) is 0 Å². The van der Waals surface area contributed by atoms with Gasteiger partial charge in [-0.15, -0.1) is 0 Å². The van der Waals surface area contributed by atoms with E-state index in [0.29, 0.717) is 29.4 Å². The molecule has 0 fully saturated rings. The Morgan fingerprint density at radius 2 is 1.71 bits per heavy atom. The van der Waals surface area contributed by atoms with Crippen molar-refractivity contribution >= 4 is 29.1 Å². The van der Waals surface area contributed by atoms with Gasteiger partial charge in [0.05, 0.1) is 5.56 Å². The van der Waals surface area contributed by atoms with Gasteiger partial charge in [0.1, 0.15) is 11.4 Å². The fourth-order valence-corrected chi connectivity index (χ4v) is 3.20. The molecular formula is C23H30ClN3O4. The molecule has 0 unspecified atom stereocenters. The van der Waals surface area contributed by atoms with E-state index in [9.17, 15) is 14.4 Å². The smallest absolute Gasteiger partial charge is 0.274 e. The third kappa shape index (κ3) is 6.34. The summed E-state index contributed by atoms with van der Waals surface area (Å²) in [6.07, 6.45) is 3.16. The Kier molecular flexibility index (Phi) is 8.28. The van der Waals surface area contributed by atoms with Crippen LogP contribution in [0.3, 0.4) is 0 Å². The SMILES string of the molecule is CCCN(CCC)C(=O)c1cc(NC(=O)C(C)(C)Oc2ccc(Cl)cc2)c(=O)n(C)c1. The van der Waals surface area contributed by atoms with Crippen molar-refractivity contribution in [3.63, 3.8) is 0 Å². The molecule has 7 nitrogen and oxygen atoms in total. The summed E-state index contributed by atoms with van der Waals surface area (Å²) in [6.45, 7) is 8.45. The lowest BCUT2D eigenvalue weighted by Gasteiger charge is -2.25. The number of nitrogens with one attached hydrogen (secondary N) is 1. The number of aromatic nitrogens is 1. The minimum atomic E-state index is -1.27. The summed E-state index contributed by atoms with van der Waals surface area (Å²) >= 11 is 5.88. The van der Waals surface area contributed by atoms with Crippen molar-refractivity contribution < 1.29 is 14.3 Å². The maximum absolute atomic E-state index is 13.0. The fourth-order valence-electron chi connectivity index (χ4n) is 3.07. The number of aryl methyl sites for hydroxylation is 1. The Morgan fingerprint density at radius 3 is 2.26 bits per heavy atom. The monoisotopic (exact) mass is 447 g/mol. The standard InChI is InChI=1S/C23H30ClN3O4/c1-6-12-27(13-7-2)20(28)16-14-19(21(29)26(5)15-16)25-22(30)23(3,4)31-18-10-8-17(24)9-11-18/h8-11,14-15H,6-7,12-13H2,1-5H3,(H,25,30). The molecule has 0 aliphatic carbocycles. The number of hydrogen-bond acceptors (Lipinski definition) is 4. The van der Waals surface area contributed by atoms with E-state index in [4.69, 9.17) is 16.3 Å². The highest BCUT2D eigenvalue weighted by Gasteiger charge is 2.31. The van der Waals surface area contributed by atoms with Crippen LogP contribution in [0.5, 0.6) is 5.75 Å². The minimum absolute atomic E-state index is 0.0269. The van der Waals surface area contributed by atoms with Crippen molar-refractivity contribution in [3.8, 4) is 5.75 Å². The first-order valence-corrected chi connectivity index (χ1v) is 10.7. The van der Waals surface area contributed by atoms with Gasteiger partial charge >= 0.3 is 0 Å². The highest BCUT2D eigenvalue weighted by Crippen LogP contribution is 2.22. The van der Waals surface area contributed by atoms with Crippen LogP contribution in [0, 0.1) is 0 Å². The maximum Gasteiger partial charge on any atom is 0.274 e. The summed E-state index contributed by atoms with van der Waals surface area (Å²) in [6, 6.07) is 8.07. The molecule has 1 heterocycles. The van der Waals surface area contributed by atoms with Crippen molar-refractivity contribution in [2.75, 3.05) is 18.4 Å². The minimum Gasteiger partial charge on any atom is -0.478 e. The molecule has 0 bridgehead atoms. The van der Waals surface area contributed by atoms with E-state index >= 15 is 0 Å². The third-order valence-corrected chi connectivity index (χ3v) is 4.94. The second kappa shape index (κ2) is 10.5. The van der Waals surface area contributed by atoms with Gasteiger partial charge in [0.25, 0.3) is 17.4 Å². The Morgan fingerprint density at radius 1 is 1.13 bits per heavy atom. The molecule has 8 heteroatoms. The Bertz CT molecular complexity index is 977. The van der Waals surface area contributed by atoms with E-state index in [0.717, 1.165) is 12.8 Å². The molecular weight excluding hydrogens is 418 g/mol. The third-order valence-electron chi connectivity index (χ3n) is 4.69. The average Bonchev–Trinajstić information content (AvgIpc) is 2.72. The van der Waals surface area contributed by atoms with Crippen LogP contribution in [0.1, 0.15) is 50.9 Å². The fraction of sp³-hybridized carbons (Fsp3) is 0.435. The molecule has 31 heavy (non-hydrogen) atoms. The van der Waals surface area contributed by atoms with Gasteiger partial charge in [-0.05, 0) is 57.0 Å². The van der Waals surface area contributed by atoms with E-state index in [1.54, 1.807) is 50.1 Å². The van der Waals surface area contributed by atoms with Crippen LogP contribution in [-0.2, 0) is 11.8 Å². The van der Waals surface area contributed by atoms with Gasteiger partial charge in [-0.1, -0.05) is 25.4 Å². The highest BCUT2D eigenvalue weighted by molar-refractivity contribution is 6.30. The second-order valence-corrected chi connectivity index (χ2v) is 8.31. The molecule has 0 saturated carbocycles. The molecule has 0 spiro atoms. The summed E-state index contributed by atoms with van der Waals surface area (Å²) in [5, 5.41) is 3.18. The van der Waals surface area contributed by atoms with Crippen molar-refractivity contribution in [2.45, 2.75) is 46.1 Å². The Labute approximate surface area is 188 Å². The first-order valence-electron chi connectivity index (χ1n) is 10.3. The summed E-state index contributed by atoms with van der Waals surface area (Å²) < 4.78 is 7.08. The van der Waals surface area contributed by atoms with Crippen LogP contribution in [0.15, 0.2) is 41.3 Å². The van der Waals surface area contributed by atoms with Crippen LogP contribution >= 0.6 is 11.6 Å². The van der Waals surface area contributed by atoms with Crippen molar-refractivity contribution in [1.29, 1.82) is 0 Å². The molecule has 2 rings (SSSR count). The summed E-state index contributed by atoms with van der Waals surface area (Å²) in [5.74, 6) is -0.217. The van der Waals surface area contributed by atoms with Gasteiger partial charge in [0.2, 0.25) is 0 Å². The van der Waals surface area contributed by atoms with Gasteiger partial charge in [0, 0.05) is 31.4 Å². The summed E-state index contributed by atoms with van der Waals surface area (Å²) in [7, 11) is 1.55. The first kappa shape index (κ1) is 24.5. The summed E-state index contributed by atoms with van der Waals surface area (Å²) in [4.78, 5) is 40.2.